The molecule has 1 atom stereocenters. The second-order valence-corrected chi connectivity index (χ2v) is 3.18. The van der Waals surface area contributed by atoms with Crippen LogP contribution in [0.4, 0.5) is 0 Å². The van der Waals surface area contributed by atoms with Crippen LogP contribution in [-0.2, 0) is 9.53 Å². The van der Waals surface area contributed by atoms with E-state index in [9.17, 15) is 9.90 Å². The number of hydrogen-bond donors (Lipinski definition) is 1. The van der Waals surface area contributed by atoms with E-state index in [2.05, 4.69) is 0 Å². The molecule has 1 rings (SSSR count). The maximum Gasteiger partial charge on any atom is 0.122 e. The quantitative estimate of drug-likeness (QED) is 0.588. The summed E-state index contributed by atoms with van der Waals surface area (Å²) in [7, 11) is 1.54. The van der Waals surface area contributed by atoms with Crippen molar-refractivity contribution in [2.75, 3.05) is 13.7 Å². The number of hydrogen-bond acceptors (Lipinski definition) is 3. The Hall–Kier alpha value is -0.410. The molecule has 0 aromatic heterocycles. The third kappa shape index (κ3) is 2.01. The molecule has 0 heterocycles. The van der Waals surface area contributed by atoms with Crippen molar-refractivity contribution in [3.8, 4) is 0 Å². The lowest BCUT2D eigenvalue weighted by Crippen LogP contribution is -2.37. The minimum Gasteiger partial charge on any atom is -0.387 e. The second kappa shape index (κ2) is 3.32. The Morgan fingerprint density at radius 1 is 1.73 bits per heavy atom. The Bertz CT molecular complexity index is 142. The van der Waals surface area contributed by atoms with Gasteiger partial charge < -0.3 is 14.6 Å². The molecule has 1 saturated carbocycles. The number of rotatable bonds is 5. The molecule has 3 nitrogen and oxygen atoms in total. The minimum atomic E-state index is -0.878. The summed E-state index contributed by atoms with van der Waals surface area (Å²) in [4.78, 5) is 10.2. The van der Waals surface area contributed by atoms with Crippen LogP contribution in [0.15, 0.2) is 0 Å². The zero-order valence-corrected chi connectivity index (χ0v) is 6.75. The lowest BCUT2D eigenvalue weighted by molar-refractivity contribution is -0.116. The highest BCUT2D eigenvalue weighted by Gasteiger charge is 2.43. The van der Waals surface area contributed by atoms with Gasteiger partial charge in [-0.2, -0.15) is 0 Å². The van der Waals surface area contributed by atoms with Gasteiger partial charge in [0.1, 0.15) is 6.29 Å². The number of ether oxygens (including phenoxy) is 1. The molecule has 1 aliphatic carbocycles. The van der Waals surface area contributed by atoms with Gasteiger partial charge in [-0.25, -0.2) is 0 Å². The van der Waals surface area contributed by atoms with E-state index in [4.69, 9.17) is 4.74 Å². The zero-order valence-electron chi connectivity index (χ0n) is 6.75. The van der Waals surface area contributed by atoms with Gasteiger partial charge in [0.25, 0.3) is 0 Å². The fraction of sp³-hybridized carbons (Fsp3) is 0.875. The van der Waals surface area contributed by atoms with Crippen molar-refractivity contribution >= 4 is 6.29 Å². The van der Waals surface area contributed by atoms with Crippen LogP contribution < -0.4 is 0 Å². The van der Waals surface area contributed by atoms with Crippen LogP contribution in [0.5, 0.6) is 0 Å². The molecule has 0 aliphatic heterocycles. The van der Waals surface area contributed by atoms with Gasteiger partial charge >= 0.3 is 0 Å². The molecule has 0 saturated heterocycles. The molecule has 1 unspecified atom stereocenters. The zero-order chi connectivity index (χ0) is 8.32. The van der Waals surface area contributed by atoms with Crippen LogP contribution in [0, 0.1) is 5.92 Å². The van der Waals surface area contributed by atoms with Gasteiger partial charge in [-0.15, -0.1) is 0 Å². The molecule has 0 spiro atoms. The monoisotopic (exact) mass is 158 g/mol. The van der Waals surface area contributed by atoms with E-state index in [0.29, 0.717) is 0 Å². The van der Waals surface area contributed by atoms with E-state index in [1.807, 2.05) is 0 Å². The standard InChI is InChI=1S/C8H14O3/c1-11-6-8(10,4-5-9)7-2-3-7/h5,7,10H,2-4,6H2,1H3. The Kier molecular flexibility index (Phi) is 2.62. The van der Waals surface area contributed by atoms with Crippen molar-refractivity contribution in [1.82, 2.24) is 0 Å². The highest BCUT2D eigenvalue weighted by molar-refractivity contribution is 5.51. The van der Waals surface area contributed by atoms with E-state index < -0.39 is 5.60 Å². The number of aliphatic hydroxyl groups is 1. The molecule has 1 N–H and O–H groups in total. The van der Waals surface area contributed by atoms with Crippen molar-refractivity contribution in [3.63, 3.8) is 0 Å². The molecular weight excluding hydrogens is 144 g/mol. The van der Waals surface area contributed by atoms with Crippen molar-refractivity contribution in [2.45, 2.75) is 24.9 Å². The maximum absolute atomic E-state index is 10.2. The van der Waals surface area contributed by atoms with Gasteiger partial charge in [0.05, 0.1) is 12.2 Å². The molecule has 64 valence electrons. The third-order valence-electron chi connectivity index (χ3n) is 2.17. The molecular formula is C8H14O3. The lowest BCUT2D eigenvalue weighted by atomic mass is 9.96. The number of carbonyl (C=O) groups is 1. The van der Waals surface area contributed by atoms with Gasteiger partial charge in [-0.1, -0.05) is 0 Å². The van der Waals surface area contributed by atoms with Crippen molar-refractivity contribution in [2.24, 2.45) is 5.92 Å². The SMILES string of the molecule is COCC(O)(CC=O)C1CC1. The molecule has 0 amide bonds. The fourth-order valence-corrected chi connectivity index (χ4v) is 1.36. The Morgan fingerprint density at radius 3 is 2.73 bits per heavy atom. The largest absolute Gasteiger partial charge is 0.387 e. The number of methoxy groups -OCH3 is 1. The molecule has 11 heavy (non-hydrogen) atoms. The van der Waals surface area contributed by atoms with E-state index in [1.165, 1.54) is 7.11 Å². The van der Waals surface area contributed by atoms with Crippen molar-refractivity contribution in [1.29, 1.82) is 0 Å². The summed E-state index contributed by atoms with van der Waals surface area (Å²) in [5.74, 6) is 0.285. The van der Waals surface area contributed by atoms with Gasteiger partial charge in [0, 0.05) is 13.5 Å². The summed E-state index contributed by atoms with van der Waals surface area (Å²) >= 11 is 0. The first-order chi connectivity index (χ1) is 5.23. The summed E-state index contributed by atoms with van der Waals surface area (Å²) in [6.45, 7) is 0.274. The molecule has 0 aromatic carbocycles. The van der Waals surface area contributed by atoms with Crippen LogP contribution in [-0.4, -0.2) is 30.7 Å². The lowest BCUT2D eigenvalue weighted by Gasteiger charge is -2.24. The number of carbonyl (C=O) groups excluding carboxylic acids is 1. The first-order valence-electron chi connectivity index (χ1n) is 3.88. The summed E-state index contributed by atoms with van der Waals surface area (Å²) in [6, 6.07) is 0. The molecule has 0 aromatic rings. The Balaban J connectivity index is 2.45. The maximum atomic E-state index is 10.2. The predicted molar refractivity (Wildman–Crippen MR) is 40.2 cm³/mol. The van der Waals surface area contributed by atoms with E-state index in [1.54, 1.807) is 0 Å². The average Bonchev–Trinajstić information content (AvgIpc) is 2.68. The highest BCUT2D eigenvalue weighted by atomic mass is 16.5. The van der Waals surface area contributed by atoms with Crippen molar-refractivity contribution < 1.29 is 14.6 Å². The van der Waals surface area contributed by atoms with Crippen LogP contribution >= 0.6 is 0 Å². The highest BCUT2D eigenvalue weighted by Crippen LogP contribution is 2.41. The molecule has 3 heteroatoms. The van der Waals surface area contributed by atoms with Gasteiger partial charge in [0.2, 0.25) is 0 Å². The summed E-state index contributed by atoms with van der Waals surface area (Å²) in [6.07, 6.45) is 3.00. The van der Waals surface area contributed by atoms with E-state index in [0.717, 1.165) is 19.1 Å². The molecule has 1 aliphatic rings. The molecule has 1 fully saturated rings. The van der Waals surface area contributed by atoms with Crippen LogP contribution in [0.1, 0.15) is 19.3 Å². The minimum absolute atomic E-state index is 0.200. The Morgan fingerprint density at radius 2 is 2.36 bits per heavy atom. The predicted octanol–water partition coefficient (Wildman–Crippen LogP) is 0.363. The summed E-state index contributed by atoms with van der Waals surface area (Å²) in [5, 5.41) is 9.79. The van der Waals surface area contributed by atoms with E-state index >= 15 is 0 Å². The summed E-state index contributed by atoms with van der Waals surface area (Å²) in [5.41, 5.74) is -0.878. The average molecular weight is 158 g/mol. The number of aldehydes is 1. The first-order valence-corrected chi connectivity index (χ1v) is 3.88. The van der Waals surface area contributed by atoms with Crippen LogP contribution in [0.2, 0.25) is 0 Å². The molecule has 0 radical (unpaired) electrons. The second-order valence-electron chi connectivity index (χ2n) is 3.18. The van der Waals surface area contributed by atoms with Gasteiger partial charge in [0.15, 0.2) is 0 Å². The van der Waals surface area contributed by atoms with Crippen LogP contribution in [0.3, 0.4) is 0 Å². The normalized spacial score (nSPS) is 22.7. The fourth-order valence-electron chi connectivity index (χ4n) is 1.36. The topological polar surface area (TPSA) is 46.5 Å². The van der Waals surface area contributed by atoms with Gasteiger partial charge in [-0.3, -0.25) is 0 Å². The van der Waals surface area contributed by atoms with Crippen LogP contribution in [0.25, 0.3) is 0 Å². The first kappa shape index (κ1) is 8.68. The third-order valence-corrected chi connectivity index (χ3v) is 2.17. The van der Waals surface area contributed by atoms with Gasteiger partial charge in [-0.05, 0) is 18.8 Å². The Labute approximate surface area is 66.4 Å². The summed E-state index contributed by atoms with van der Waals surface area (Å²) < 4.78 is 4.85. The van der Waals surface area contributed by atoms with E-state index in [-0.39, 0.29) is 18.9 Å². The smallest absolute Gasteiger partial charge is 0.122 e. The van der Waals surface area contributed by atoms with Crippen molar-refractivity contribution in [3.05, 3.63) is 0 Å². The molecule has 0 bridgehead atoms.